The molecule has 0 unspecified atom stereocenters. The van der Waals surface area contributed by atoms with Gasteiger partial charge in [0.25, 0.3) is 0 Å². The minimum Gasteiger partial charge on any atom is -0.392 e. The lowest BCUT2D eigenvalue weighted by Crippen LogP contribution is -2.24. The summed E-state index contributed by atoms with van der Waals surface area (Å²) in [5.74, 6) is -0.136. The van der Waals surface area contributed by atoms with E-state index in [0.29, 0.717) is 6.54 Å². The molecule has 84 valence electrons. The molecule has 1 amide bonds. The van der Waals surface area contributed by atoms with Crippen molar-refractivity contribution in [1.29, 1.82) is 0 Å². The van der Waals surface area contributed by atoms with Crippen molar-refractivity contribution in [3.8, 4) is 0 Å². The highest BCUT2D eigenvalue weighted by molar-refractivity contribution is 6.05. The van der Waals surface area contributed by atoms with E-state index in [1.54, 1.807) is 4.90 Å². The van der Waals surface area contributed by atoms with Gasteiger partial charge in [0.1, 0.15) is 0 Å². The fourth-order valence-electron chi connectivity index (χ4n) is 1.83. The van der Waals surface area contributed by atoms with Gasteiger partial charge in [0, 0.05) is 6.54 Å². The van der Waals surface area contributed by atoms with Crippen molar-refractivity contribution in [2.45, 2.75) is 19.6 Å². The van der Waals surface area contributed by atoms with Crippen LogP contribution < -0.4 is 0 Å². The van der Waals surface area contributed by atoms with E-state index < -0.39 is 0 Å². The van der Waals surface area contributed by atoms with Gasteiger partial charge in [0.15, 0.2) is 5.78 Å². The second-order valence-electron chi connectivity index (χ2n) is 3.94. The van der Waals surface area contributed by atoms with Crippen LogP contribution in [0, 0.1) is 0 Å². The lowest BCUT2D eigenvalue weighted by Gasteiger charge is -2.14. The molecule has 16 heavy (non-hydrogen) atoms. The summed E-state index contributed by atoms with van der Waals surface area (Å²) >= 11 is 0. The summed E-state index contributed by atoms with van der Waals surface area (Å²) in [5, 5.41) is 8.98. The van der Waals surface area contributed by atoms with E-state index in [1.165, 1.54) is 0 Å². The number of carbonyl (C=O) groups excluding carboxylic acids is 2. The van der Waals surface area contributed by atoms with Gasteiger partial charge >= 0.3 is 0 Å². The van der Waals surface area contributed by atoms with Crippen molar-refractivity contribution in [3.63, 3.8) is 0 Å². The van der Waals surface area contributed by atoms with Crippen molar-refractivity contribution in [3.05, 3.63) is 35.4 Å². The Labute approximate surface area is 93.5 Å². The van der Waals surface area contributed by atoms with Gasteiger partial charge in [-0.3, -0.25) is 9.59 Å². The first-order chi connectivity index (χ1) is 7.69. The van der Waals surface area contributed by atoms with Gasteiger partial charge in [-0.15, -0.1) is 0 Å². The Hall–Kier alpha value is -1.68. The van der Waals surface area contributed by atoms with Gasteiger partial charge in [-0.25, -0.2) is 0 Å². The number of hydrogen-bond acceptors (Lipinski definition) is 3. The van der Waals surface area contributed by atoms with Crippen molar-refractivity contribution in [2.24, 2.45) is 0 Å². The summed E-state index contributed by atoms with van der Waals surface area (Å²) in [6.07, 6.45) is 0.0275. The summed E-state index contributed by atoms with van der Waals surface area (Å²) in [7, 11) is 0. The zero-order chi connectivity index (χ0) is 11.5. The van der Waals surface area contributed by atoms with Gasteiger partial charge in [-0.2, -0.15) is 0 Å². The van der Waals surface area contributed by atoms with Crippen molar-refractivity contribution < 1.29 is 14.7 Å². The zero-order valence-corrected chi connectivity index (χ0v) is 8.85. The molecule has 1 aromatic carbocycles. The summed E-state index contributed by atoms with van der Waals surface area (Å²) in [6.45, 7) is 0.640. The molecule has 0 atom stereocenters. The number of amides is 1. The Balaban J connectivity index is 2.09. The van der Waals surface area contributed by atoms with Crippen LogP contribution in [0.5, 0.6) is 0 Å². The Morgan fingerprint density at radius 3 is 2.62 bits per heavy atom. The van der Waals surface area contributed by atoms with Crippen LogP contribution in [0.25, 0.3) is 0 Å². The molecule has 1 aliphatic rings. The average molecular weight is 219 g/mol. The molecule has 4 nitrogen and oxygen atoms in total. The average Bonchev–Trinajstić information content (AvgIpc) is 2.58. The van der Waals surface area contributed by atoms with Crippen LogP contribution in [0.1, 0.15) is 17.5 Å². The van der Waals surface area contributed by atoms with Crippen LogP contribution in [0.4, 0.5) is 0 Å². The van der Waals surface area contributed by atoms with Crippen LogP contribution in [0.15, 0.2) is 24.3 Å². The number of rotatable bonds is 3. The van der Waals surface area contributed by atoms with Crippen LogP contribution in [0.3, 0.4) is 0 Å². The number of benzene rings is 1. The van der Waals surface area contributed by atoms with E-state index in [4.69, 9.17) is 5.11 Å². The minimum absolute atomic E-state index is 0.0132. The number of likely N-dealkylation sites (tertiary alicyclic amines) is 1. The zero-order valence-electron chi connectivity index (χ0n) is 8.85. The predicted molar refractivity (Wildman–Crippen MR) is 57.4 cm³/mol. The molecular weight excluding hydrogens is 206 g/mol. The van der Waals surface area contributed by atoms with E-state index in [-0.39, 0.29) is 31.3 Å². The third-order valence-corrected chi connectivity index (χ3v) is 2.62. The SMILES string of the molecule is O=C1CC(=O)N(Cc2cccc(CO)c2)C1. The third kappa shape index (κ3) is 2.28. The normalized spacial score (nSPS) is 15.9. The highest BCUT2D eigenvalue weighted by Gasteiger charge is 2.26. The molecule has 0 radical (unpaired) electrons. The molecule has 0 aliphatic carbocycles. The van der Waals surface area contributed by atoms with Crippen molar-refractivity contribution in [1.82, 2.24) is 4.90 Å². The molecular formula is C12H13NO3. The lowest BCUT2D eigenvalue weighted by atomic mass is 10.1. The first-order valence-electron chi connectivity index (χ1n) is 5.17. The Morgan fingerprint density at radius 1 is 1.25 bits per heavy atom. The van der Waals surface area contributed by atoms with E-state index in [9.17, 15) is 9.59 Å². The number of aliphatic hydroxyl groups is 1. The highest BCUT2D eigenvalue weighted by Crippen LogP contribution is 2.13. The monoisotopic (exact) mass is 219 g/mol. The first-order valence-corrected chi connectivity index (χ1v) is 5.17. The second kappa shape index (κ2) is 4.45. The fourth-order valence-corrected chi connectivity index (χ4v) is 1.83. The third-order valence-electron chi connectivity index (χ3n) is 2.62. The van der Waals surface area contributed by atoms with E-state index in [2.05, 4.69) is 0 Å². The van der Waals surface area contributed by atoms with Crippen LogP contribution >= 0.6 is 0 Å². The molecule has 1 saturated heterocycles. The summed E-state index contributed by atoms with van der Waals surface area (Å²) < 4.78 is 0. The molecule has 1 fully saturated rings. The Bertz CT molecular complexity index is 428. The standard InChI is InChI=1S/C12H13NO3/c14-8-10-3-1-2-9(4-10)6-13-7-11(15)5-12(13)16/h1-4,14H,5-8H2. The molecule has 1 N–H and O–H groups in total. The quantitative estimate of drug-likeness (QED) is 0.752. The van der Waals surface area contributed by atoms with E-state index >= 15 is 0 Å². The number of carbonyl (C=O) groups is 2. The van der Waals surface area contributed by atoms with Gasteiger partial charge in [0.2, 0.25) is 5.91 Å². The molecule has 1 aromatic rings. The molecule has 2 rings (SSSR count). The number of Topliss-reactive ketones (excluding diaryl/α,β-unsaturated/α-hetero) is 1. The molecule has 1 aliphatic heterocycles. The molecule has 0 spiro atoms. The predicted octanol–water partition coefficient (Wildman–Crippen LogP) is 0.480. The smallest absolute Gasteiger partial charge is 0.230 e. The van der Waals surface area contributed by atoms with Crippen LogP contribution in [-0.4, -0.2) is 28.2 Å². The second-order valence-corrected chi connectivity index (χ2v) is 3.94. The number of ketones is 1. The molecule has 4 heteroatoms. The molecule has 0 saturated carbocycles. The van der Waals surface area contributed by atoms with Gasteiger partial charge in [-0.1, -0.05) is 24.3 Å². The van der Waals surface area contributed by atoms with Gasteiger partial charge < -0.3 is 10.0 Å². The summed E-state index contributed by atoms with van der Waals surface area (Å²) in [6, 6.07) is 7.38. The minimum atomic E-state index is -0.112. The van der Waals surface area contributed by atoms with E-state index in [1.807, 2.05) is 24.3 Å². The Kier molecular flexibility index (Phi) is 3.01. The van der Waals surface area contributed by atoms with E-state index in [0.717, 1.165) is 11.1 Å². The lowest BCUT2D eigenvalue weighted by molar-refractivity contribution is -0.128. The van der Waals surface area contributed by atoms with Crippen molar-refractivity contribution in [2.75, 3.05) is 6.54 Å². The molecule has 1 heterocycles. The summed E-state index contributed by atoms with van der Waals surface area (Å²) in [4.78, 5) is 24.0. The fraction of sp³-hybridized carbons (Fsp3) is 0.333. The number of nitrogens with zero attached hydrogens (tertiary/aromatic N) is 1. The van der Waals surface area contributed by atoms with Gasteiger partial charge in [-0.05, 0) is 11.1 Å². The van der Waals surface area contributed by atoms with Gasteiger partial charge in [0.05, 0.1) is 19.6 Å². The van der Waals surface area contributed by atoms with Crippen molar-refractivity contribution >= 4 is 11.7 Å². The topological polar surface area (TPSA) is 57.6 Å². The maximum absolute atomic E-state index is 11.4. The number of aliphatic hydroxyl groups excluding tert-OH is 1. The van der Waals surface area contributed by atoms with Crippen LogP contribution in [-0.2, 0) is 22.7 Å². The first kappa shape index (κ1) is 10.8. The number of hydrogen-bond donors (Lipinski definition) is 1. The maximum atomic E-state index is 11.4. The highest BCUT2D eigenvalue weighted by atomic mass is 16.3. The molecule has 0 bridgehead atoms. The Morgan fingerprint density at radius 2 is 2.00 bits per heavy atom. The van der Waals surface area contributed by atoms with Crippen LogP contribution in [0.2, 0.25) is 0 Å². The molecule has 0 aromatic heterocycles. The maximum Gasteiger partial charge on any atom is 0.230 e. The summed E-state index contributed by atoms with van der Waals surface area (Å²) in [5.41, 5.74) is 1.75. The largest absolute Gasteiger partial charge is 0.392 e.